The van der Waals surface area contributed by atoms with E-state index in [2.05, 4.69) is 37.1 Å². The molecule has 0 unspecified atom stereocenters. The average Bonchev–Trinajstić information content (AvgIpc) is 3.48. The van der Waals surface area contributed by atoms with Crippen molar-refractivity contribution in [1.29, 1.82) is 0 Å². The van der Waals surface area contributed by atoms with Gasteiger partial charge in [-0.05, 0) is 12.5 Å². The molecule has 1 saturated heterocycles. The third kappa shape index (κ3) is 5.81. The van der Waals surface area contributed by atoms with Crippen LogP contribution in [0.5, 0.6) is 0 Å². The summed E-state index contributed by atoms with van der Waals surface area (Å²) in [4.78, 5) is 30.5. The van der Waals surface area contributed by atoms with E-state index < -0.39 is 0 Å². The van der Waals surface area contributed by atoms with Crippen LogP contribution < -0.4 is 10.2 Å². The maximum absolute atomic E-state index is 12.3. The minimum atomic E-state index is -0.145. The fourth-order valence-electron chi connectivity index (χ4n) is 4.45. The molecule has 3 aromatic heterocycles. The molecular weight excluding hydrogens is 490 g/mol. The Morgan fingerprint density at radius 3 is 2.38 bits per heavy atom. The molecule has 4 aromatic rings. The maximum Gasteiger partial charge on any atom is 0.269 e. The van der Waals surface area contributed by atoms with Gasteiger partial charge in [-0.15, -0.1) is 12.4 Å². The number of rotatable bonds is 7. The predicted molar refractivity (Wildman–Crippen MR) is 145 cm³/mol. The number of halogens is 1. The van der Waals surface area contributed by atoms with Gasteiger partial charge in [0.05, 0.1) is 18.7 Å². The molecule has 5 rings (SSSR count). The first-order valence-corrected chi connectivity index (χ1v) is 12.1. The number of aryl methyl sites for hydroxylation is 2. The summed E-state index contributed by atoms with van der Waals surface area (Å²) in [7, 11) is 3.79. The lowest BCUT2D eigenvalue weighted by Gasteiger charge is -2.35. The molecule has 11 heteroatoms. The van der Waals surface area contributed by atoms with Crippen molar-refractivity contribution < 1.29 is 4.79 Å². The average molecular weight is 522 g/mol. The third-order valence-corrected chi connectivity index (χ3v) is 6.81. The van der Waals surface area contributed by atoms with Gasteiger partial charge in [0, 0.05) is 82.6 Å². The minimum Gasteiger partial charge on any atom is -0.352 e. The minimum absolute atomic E-state index is 0. The Kier molecular flexibility index (Phi) is 8.20. The number of amides is 1. The summed E-state index contributed by atoms with van der Waals surface area (Å²) in [5, 5.41) is 7.31. The Morgan fingerprint density at radius 2 is 1.73 bits per heavy atom. The number of aromatic nitrogens is 6. The summed E-state index contributed by atoms with van der Waals surface area (Å²) in [6.45, 7) is 7.17. The van der Waals surface area contributed by atoms with E-state index in [1.54, 1.807) is 36.5 Å². The number of imidazole rings is 1. The number of hydrogen-bond donors (Lipinski definition) is 1. The molecule has 0 aliphatic carbocycles. The second-order valence-electron chi connectivity index (χ2n) is 9.14. The summed E-state index contributed by atoms with van der Waals surface area (Å²) in [6.07, 6.45) is 8.64. The monoisotopic (exact) mass is 521 g/mol. The molecule has 1 fully saturated rings. The van der Waals surface area contributed by atoms with Gasteiger partial charge in [-0.3, -0.25) is 19.4 Å². The van der Waals surface area contributed by atoms with Crippen LogP contribution in [0.3, 0.4) is 0 Å². The van der Waals surface area contributed by atoms with Gasteiger partial charge < -0.3 is 14.8 Å². The molecular formula is C26H32ClN9O. The third-order valence-electron chi connectivity index (χ3n) is 6.81. The molecule has 1 aliphatic heterocycles. The lowest BCUT2D eigenvalue weighted by atomic mass is 10.1. The summed E-state index contributed by atoms with van der Waals surface area (Å²) in [5.74, 6) is 0.764. The number of hydrogen-bond acceptors (Lipinski definition) is 7. The Labute approximate surface area is 222 Å². The SMILES string of the molecule is Cc1c(CN2CCN(c3nccnc3-c3ccc(CNC(=O)c4cncn4C)cc3)CC2)cnn1C.Cl. The molecule has 37 heavy (non-hydrogen) atoms. The van der Waals surface area contributed by atoms with Gasteiger partial charge in [0.1, 0.15) is 11.4 Å². The van der Waals surface area contributed by atoms with Crippen LogP contribution in [0.4, 0.5) is 5.82 Å². The van der Waals surface area contributed by atoms with E-state index in [4.69, 9.17) is 4.98 Å². The molecule has 0 spiro atoms. The number of nitrogens with one attached hydrogen (secondary N) is 1. The van der Waals surface area contributed by atoms with Gasteiger partial charge in [0.15, 0.2) is 5.82 Å². The first-order chi connectivity index (χ1) is 17.5. The highest BCUT2D eigenvalue weighted by Crippen LogP contribution is 2.28. The number of nitrogens with zero attached hydrogens (tertiary/aromatic N) is 8. The zero-order valence-corrected chi connectivity index (χ0v) is 22.1. The fraction of sp³-hybridized carbons (Fsp3) is 0.346. The van der Waals surface area contributed by atoms with Crippen molar-refractivity contribution in [3.05, 3.63) is 77.9 Å². The first-order valence-electron chi connectivity index (χ1n) is 12.1. The molecule has 0 radical (unpaired) electrons. The summed E-state index contributed by atoms with van der Waals surface area (Å²) >= 11 is 0. The first kappa shape index (κ1) is 26.3. The van der Waals surface area contributed by atoms with E-state index in [9.17, 15) is 4.79 Å². The van der Waals surface area contributed by atoms with Crippen LogP contribution in [0.1, 0.15) is 27.3 Å². The quantitative estimate of drug-likeness (QED) is 0.399. The van der Waals surface area contributed by atoms with Crippen LogP contribution in [0, 0.1) is 6.92 Å². The van der Waals surface area contributed by atoms with Crippen molar-refractivity contribution in [2.75, 3.05) is 31.1 Å². The second kappa shape index (κ2) is 11.5. The largest absolute Gasteiger partial charge is 0.352 e. The number of benzene rings is 1. The zero-order valence-electron chi connectivity index (χ0n) is 21.3. The van der Waals surface area contributed by atoms with Crippen LogP contribution in [0.2, 0.25) is 0 Å². The van der Waals surface area contributed by atoms with Crippen LogP contribution in [0.25, 0.3) is 11.3 Å². The van der Waals surface area contributed by atoms with Crippen LogP contribution in [0.15, 0.2) is 55.4 Å². The molecule has 0 atom stereocenters. The van der Waals surface area contributed by atoms with Crippen LogP contribution in [-0.4, -0.2) is 66.3 Å². The molecule has 1 amide bonds. The molecule has 194 valence electrons. The van der Waals surface area contributed by atoms with Crippen molar-refractivity contribution in [1.82, 2.24) is 39.5 Å². The van der Waals surface area contributed by atoms with Crippen LogP contribution in [-0.2, 0) is 27.2 Å². The van der Waals surface area contributed by atoms with Crippen LogP contribution >= 0.6 is 12.4 Å². The van der Waals surface area contributed by atoms with Gasteiger partial charge >= 0.3 is 0 Å². The smallest absolute Gasteiger partial charge is 0.269 e. The van der Waals surface area contributed by atoms with Gasteiger partial charge in [-0.2, -0.15) is 5.10 Å². The lowest BCUT2D eigenvalue weighted by molar-refractivity contribution is 0.0942. The highest BCUT2D eigenvalue weighted by molar-refractivity contribution is 5.92. The maximum atomic E-state index is 12.3. The zero-order chi connectivity index (χ0) is 25.1. The van der Waals surface area contributed by atoms with Crippen molar-refractivity contribution in [2.45, 2.75) is 20.0 Å². The van der Waals surface area contributed by atoms with Gasteiger partial charge in [0.25, 0.3) is 5.91 Å². The lowest BCUT2D eigenvalue weighted by Crippen LogP contribution is -2.46. The summed E-state index contributed by atoms with van der Waals surface area (Å²) < 4.78 is 3.63. The van der Waals surface area contributed by atoms with E-state index in [0.29, 0.717) is 12.2 Å². The second-order valence-corrected chi connectivity index (χ2v) is 9.14. The van der Waals surface area contributed by atoms with Gasteiger partial charge in [-0.1, -0.05) is 24.3 Å². The normalized spacial score (nSPS) is 13.9. The molecule has 1 aliphatic rings. The predicted octanol–water partition coefficient (Wildman–Crippen LogP) is 2.59. The molecule has 4 heterocycles. The van der Waals surface area contributed by atoms with Gasteiger partial charge in [0.2, 0.25) is 0 Å². The van der Waals surface area contributed by atoms with E-state index in [1.165, 1.54) is 11.3 Å². The van der Waals surface area contributed by atoms with E-state index in [0.717, 1.165) is 55.4 Å². The molecule has 0 saturated carbocycles. The highest BCUT2D eigenvalue weighted by Gasteiger charge is 2.22. The molecule has 1 N–H and O–H groups in total. The fourth-order valence-corrected chi connectivity index (χ4v) is 4.45. The number of carbonyl (C=O) groups excluding carboxylic acids is 1. The topological polar surface area (TPSA) is 97.0 Å². The number of anilines is 1. The Bertz CT molecular complexity index is 1340. The van der Waals surface area contributed by atoms with E-state index in [1.807, 2.05) is 42.2 Å². The van der Waals surface area contributed by atoms with Crippen molar-refractivity contribution in [2.24, 2.45) is 14.1 Å². The van der Waals surface area contributed by atoms with Crippen molar-refractivity contribution in [3.63, 3.8) is 0 Å². The Hall–Kier alpha value is -3.76. The Morgan fingerprint density at radius 1 is 1.00 bits per heavy atom. The molecule has 0 bridgehead atoms. The number of piperazine rings is 1. The standard InChI is InChI=1S/C26H31N9O.ClH/c1-19-22(15-31-33(19)3)17-34-10-12-35(13-11-34)25-24(28-8-9-29-25)21-6-4-20(5-7-21)14-30-26(36)23-16-27-18-32(23)2;/h4-9,15-16,18H,10-14,17H2,1-3H3,(H,30,36);1H. The molecule has 10 nitrogen and oxygen atoms in total. The summed E-state index contributed by atoms with van der Waals surface area (Å²) in [6, 6.07) is 8.12. The van der Waals surface area contributed by atoms with E-state index in [-0.39, 0.29) is 18.3 Å². The van der Waals surface area contributed by atoms with Gasteiger partial charge in [-0.25, -0.2) is 9.97 Å². The Balaban J connectivity index is 0.00000320. The van der Waals surface area contributed by atoms with Crippen molar-refractivity contribution >= 4 is 24.1 Å². The highest BCUT2D eigenvalue weighted by atomic mass is 35.5. The number of carbonyl (C=O) groups is 1. The van der Waals surface area contributed by atoms with E-state index >= 15 is 0 Å². The summed E-state index contributed by atoms with van der Waals surface area (Å²) in [5.41, 5.74) is 5.93. The van der Waals surface area contributed by atoms with Crippen molar-refractivity contribution in [3.8, 4) is 11.3 Å². The molecule has 1 aromatic carbocycles.